The average Bonchev–Trinajstić information content (AvgIpc) is 2.70. The number of hydrazine groups is 1. The fourth-order valence-electron chi connectivity index (χ4n) is 2.87. The van der Waals surface area contributed by atoms with Crippen molar-refractivity contribution < 1.29 is 27.6 Å². The lowest BCUT2D eigenvalue weighted by atomic mass is 9.95. The van der Waals surface area contributed by atoms with Crippen LogP contribution in [0, 0.1) is 10.1 Å². The van der Waals surface area contributed by atoms with Gasteiger partial charge in [-0.3, -0.25) is 10.1 Å². The molecule has 0 bridgehead atoms. The molecule has 4 N–H and O–H groups in total. The molecule has 1 atom stereocenters. The molecule has 1 rings (SSSR count). The summed E-state index contributed by atoms with van der Waals surface area (Å²) in [6.07, 6.45) is -1.52. The Labute approximate surface area is 178 Å². The summed E-state index contributed by atoms with van der Waals surface area (Å²) in [5, 5.41) is 11.7. The molecule has 11 heteroatoms. The summed E-state index contributed by atoms with van der Waals surface area (Å²) in [5.41, 5.74) is 2.16. The quantitative estimate of drug-likeness (QED) is 0.182. The molecule has 8 nitrogen and oxygen atoms in total. The standard InChI is InChI=1S/C20H27F3N4O4/c1-4-7-14(5-2)12-26(25)13-17(24)19(6-3,20(21,22)23)31-18(28)15-8-10-16(11-9-15)27(29)30/h7-11,13H,4-6,12,24-25H2,1-3H3/b14-7+,17-13-. The summed E-state index contributed by atoms with van der Waals surface area (Å²) in [5.74, 6) is 4.50. The summed E-state index contributed by atoms with van der Waals surface area (Å²) >= 11 is 0. The lowest BCUT2D eigenvalue weighted by molar-refractivity contribution is -0.384. The summed E-state index contributed by atoms with van der Waals surface area (Å²) in [7, 11) is 0. The number of ether oxygens (including phenoxy) is 1. The van der Waals surface area contributed by atoms with Crippen molar-refractivity contribution in [2.45, 2.75) is 51.8 Å². The predicted molar refractivity (Wildman–Crippen MR) is 109 cm³/mol. The number of rotatable bonds is 10. The SMILES string of the molecule is CC/C=C(\CC)CN(N)/C=C(\N)C(CC)(OC(=O)c1ccc([N+](=O)[O-])cc1)C(F)(F)F. The van der Waals surface area contributed by atoms with Crippen molar-refractivity contribution in [1.82, 2.24) is 5.01 Å². The predicted octanol–water partition coefficient (Wildman–Crippen LogP) is 4.18. The van der Waals surface area contributed by atoms with Gasteiger partial charge in [-0.05, 0) is 31.4 Å². The third kappa shape index (κ3) is 6.45. The van der Waals surface area contributed by atoms with Crippen LogP contribution in [0.25, 0.3) is 0 Å². The van der Waals surface area contributed by atoms with E-state index in [-0.39, 0.29) is 17.8 Å². The summed E-state index contributed by atoms with van der Waals surface area (Å²) in [4.78, 5) is 22.4. The van der Waals surface area contributed by atoms with E-state index in [0.717, 1.165) is 47.5 Å². The number of nitrogens with zero attached hydrogens (tertiary/aromatic N) is 2. The smallest absolute Gasteiger partial charge is 0.434 e. The number of non-ortho nitro benzene ring substituents is 1. The third-order valence-corrected chi connectivity index (χ3v) is 4.64. The van der Waals surface area contributed by atoms with E-state index in [1.165, 1.54) is 6.92 Å². The van der Waals surface area contributed by atoms with Crippen LogP contribution in [0.2, 0.25) is 0 Å². The monoisotopic (exact) mass is 444 g/mol. The maximum atomic E-state index is 14.0. The number of allylic oxidation sites excluding steroid dienone is 1. The molecule has 1 aromatic rings. The van der Waals surface area contributed by atoms with Gasteiger partial charge in [0.05, 0.1) is 22.7 Å². The molecule has 0 spiro atoms. The molecule has 0 saturated carbocycles. The third-order valence-electron chi connectivity index (χ3n) is 4.64. The van der Waals surface area contributed by atoms with Crippen molar-refractivity contribution in [1.29, 1.82) is 0 Å². The van der Waals surface area contributed by atoms with Crippen molar-refractivity contribution in [2.24, 2.45) is 11.6 Å². The van der Waals surface area contributed by atoms with Crippen LogP contribution >= 0.6 is 0 Å². The average molecular weight is 444 g/mol. The Hall–Kier alpha value is -3.08. The highest BCUT2D eigenvalue weighted by atomic mass is 19.4. The Morgan fingerprint density at radius 1 is 1.23 bits per heavy atom. The maximum absolute atomic E-state index is 14.0. The Morgan fingerprint density at radius 2 is 1.81 bits per heavy atom. The molecule has 0 saturated heterocycles. The Kier molecular flexibility index (Phi) is 9.04. The molecule has 0 radical (unpaired) electrons. The van der Waals surface area contributed by atoms with E-state index in [1.54, 1.807) is 0 Å². The number of hydrogen-bond acceptors (Lipinski definition) is 7. The van der Waals surface area contributed by atoms with Gasteiger partial charge in [0.1, 0.15) is 0 Å². The van der Waals surface area contributed by atoms with Crippen LogP contribution in [0.1, 0.15) is 50.4 Å². The topological polar surface area (TPSA) is 125 Å². The first kappa shape index (κ1) is 26.0. The molecule has 1 aromatic carbocycles. The van der Waals surface area contributed by atoms with Gasteiger partial charge in [-0.15, -0.1) is 0 Å². The minimum atomic E-state index is -5.04. The molecule has 172 valence electrons. The Balaban J connectivity index is 3.25. The zero-order chi connectivity index (χ0) is 23.8. The molecular weight excluding hydrogens is 417 g/mol. The first-order chi connectivity index (χ1) is 14.4. The highest BCUT2D eigenvalue weighted by Crippen LogP contribution is 2.41. The number of carbonyl (C=O) groups excluding carboxylic acids is 1. The van der Waals surface area contributed by atoms with E-state index >= 15 is 0 Å². The highest BCUT2D eigenvalue weighted by molar-refractivity contribution is 5.90. The Bertz CT molecular complexity index is 838. The molecule has 0 aliphatic rings. The van der Waals surface area contributed by atoms with Gasteiger partial charge in [-0.2, -0.15) is 13.2 Å². The van der Waals surface area contributed by atoms with Crippen molar-refractivity contribution in [3.63, 3.8) is 0 Å². The minimum absolute atomic E-state index is 0.152. The number of nitro groups is 1. The van der Waals surface area contributed by atoms with Crippen molar-refractivity contribution >= 4 is 11.7 Å². The molecular formula is C20H27F3N4O4. The number of alkyl halides is 3. The molecule has 0 aliphatic carbocycles. The normalized spacial score (nSPS) is 14.7. The van der Waals surface area contributed by atoms with E-state index < -0.39 is 34.8 Å². The van der Waals surface area contributed by atoms with E-state index in [2.05, 4.69) is 0 Å². The number of halogens is 3. The number of benzene rings is 1. The van der Waals surface area contributed by atoms with Crippen LogP contribution in [0.5, 0.6) is 0 Å². The van der Waals surface area contributed by atoms with E-state index in [9.17, 15) is 28.1 Å². The van der Waals surface area contributed by atoms with Crippen LogP contribution < -0.4 is 11.6 Å². The van der Waals surface area contributed by atoms with Gasteiger partial charge in [-0.1, -0.05) is 32.4 Å². The number of hydrogen-bond donors (Lipinski definition) is 2. The zero-order valence-electron chi connectivity index (χ0n) is 17.6. The van der Waals surface area contributed by atoms with Gasteiger partial charge in [0.15, 0.2) is 0 Å². The van der Waals surface area contributed by atoms with Crippen LogP contribution in [0.4, 0.5) is 18.9 Å². The zero-order valence-corrected chi connectivity index (χ0v) is 17.6. The van der Waals surface area contributed by atoms with Crippen molar-refractivity contribution in [3.05, 3.63) is 63.5 Å². The summed E-state index contributed by atoms with van der Waals surface area (Å²) in [6.45, 7) is 5.14. The minimum Gasteiger partial charge on any atom is -0.439 e. The van der Waals surface area contributed by atoms with Crippen molar-refractivity contribution in [3.8, 4) is 0 Å². The molecule has 0 fully saturated rings. The maximum Gasteiger partial charge on any atom is 0.434 e. The van der Waals surface area contributed by atoms with Gasteiger partial charge in [0.25, 0.3) is 5.69 Å². The van der Waals surface area contributed by atoms with Crippen LogP contribution in [-0.4, -0.2) is 34.2 Å². The first-order valence-corrected chi connectivity index (χ1v) is 9.63. The van der Waals surface area contributed by atoms with Crippen molar-refractivity contribution in [2.75, 3.05) is 6.54 Å². The lowest BCUT2D eigenvalue weighted by Crippen LogP contribution is -2.53. The summed E-state index contributed by atoms with van der Waals surface area (Å²) < 4.78 is 46.9. The van der Waals surface area contributed by atoms with Crippen LogP contribution in [-0.2, 0) is 4.74 Å². The molecule has 0 aliphatic heterocycles. The number of esters is 1. The molecule has 0 heterocycles. The molecule has 31 heavy (non-hydrogen) atoms. The van der Waals surface area contributed by atoms with Crippen LogP contribution in [0.3, 0.4) is 0 Å². The van der Waals surface area contributed by atoms with Crippen LogP contribution in [0.15, 0.2) is 47.8 Å². The van der Waals surface area contributed by atoms with E-state index in [0.29, 0.717) is 6.42 Å². The van der Waals surface area contributed by atoms with Gasteiger partial charge in [-0.25, -0.2) is 10.6 Å². The number of nitrogens with two attached hydrogens (primary N) is 2. The first-order valence-electron chi connectivity index (χ1n) is 9.63. The molecule has 0 aromatic heterocycles. The number of nitro benzene ring substituents is 1. The Morgan fingerprint density at radius 3 is 2.23 bits per heavy atom. The van der Waals surface area contributed by atoms with Gasteiger partial charge < -0.3 is 15.5 Å². The fraction of sp³-hybridized carbons (Fsp3) is 0.450. The highest BCUT2D eigenvalue weighted by Gasteiger charge is 2.59. The van der Waals surface area contributed by atoms with E-state index in [4.69, 9.17) is 16.3 Å². The summed E-state index contributed by atoms with van der Waals surface area (Å²) in [6, 6.07) is 4.00. The van der Waals surface area contributed by atoms with Gasteiger partial charge in [0.2, 0.25) is 5.60 Å². The lowest BCUT2D eigenvalue weighted by Gasteiger charge is -2.35. The second kappa shape index (κ2) is 10.8. The molecule has 0 amide bonds. The fourth-order valence-corrected chi connectivity index (χ4v) is 2.87. The van der Waals surface area contributed by atoms with Gasteiger partial charge in [0, 0.05) is 18.3 Å². The second-order valence-electron chi connectivity index (χ2n) is 6.75. The largest absolute Gasteiger partial charge is 0.439 e. The molecule has 1 unspecified atom stereocenters. The number of carbonyl (C=O) groups is 1. The van der Waals surface area contributed by atoms with Gasteiger partial charge >= 0.3 is 12.1 Å². The van der Waals surface area contributed by atoms with E-state index in [1.807, 2.05) is 19.9 Å². The second-order valence-corrected chi connectivity index (χ2v) is 6.75.